The van der Waals surface area contributed by atoms with Crippen LogP contribution < -0.4 is 25.9 Å². The Morgan fingerprint density at radius 2 is 2.12 bits per heavy atom. The molecule has 0 radical (unpaired) electrons. The summed E-state index contributed by atoms with van der Waals surface area (Å²) < 4.78 is 7.21. The summed E-state index contributed by atoms with van der Waals surface area (Å²) >= 11 is 0. The Morgan fingerprint density at radius 1 is 1.24 bits per heavy atom. The van der Waals surface area contributed by atoms with E-state index in [-0.39, 0.29) is 12.6 Å². The van der Waals surface area contributed by atoms with Gasteiger partial charge in [0.15, 0.2) is 23.8 Å². The van der Waals surface area contributed by atoms with Crippen molar-refractivity contribution in [1.82, 2.24) is 25.2 Å². The average Bonchev–Trinajstić information content (AvgIpc) is 3.31. The van der Waals surface area contributed by atoms with Gasteiger partial charge >= 0.3 is 0 Å². The van der Waals surface area contributed by atoms with Gasteiger partial charge in [-0.05, 0) is 37.5 Å². The lowest BCUT2D eigenvalue weighted by Gasteiger charge is -2.26. The molecular formula is C23H25N7O3. The Kier molecular flexibility index (Phi) is 5.79. The van der Waals surface area contributed by atoms with Crippen molar-refractivity contribution in [1.29, 1.82) is 0 Å². The zero-order chi connectivity index (χ0) is 22.6. The molecule has 170 valence electrons. The number of pyridine rings is 2. The Hall–Kier alpha value is -4.08. The van der Waals surface area contributed by atoms with E-state index >= 15 is 0 Å². The number of hydrogen-bond donors (Lipinski definition) is 2. The number of carbonyl (C=O) groups excluding carboxylic acids is 2. The van der Waals surface area contributed by atoms with Crippen LogP contribution in [0.1, 0.15) is 29.6 Å². The molecule has 3 aliphatic heterocycles. The summed E-state index contributed by atoms with van der Waals surface area (Å²) in [6.07, 6.45) is 12.9. The van der Waals surface area contributed by atoms with Gasteiger partial charge in [0.25, 0.3) is 5.91 Å². The SMILES string of the molecule is O=Cn1ccc(N2COc3cc(C(=O)N4CCCCC4)cnc32)c/c1=N/NC1=CC=CCN1. The fourth-order valence-electron chi connectivity index (χ4n) is 4.02. The number of nitrogens with one attached hydrogen (secondary N) is 2. The van der Waals surface area contributed by atoms with E-state index in [2.05, 4.69) is 20.8 Å². The largest absolute Gasteiger partial charge is 0.469 e. The minimum absolute atomic E-state index is 0.00795. The fourth-order valence-corrected chi connectivity index (χ4v) is 4.02. The first kappa shape index (κ1) is 20.8. The van der Waals surface area contributed by atoms with E-state index in [1.165, 1.54) is 11.0 Å². The summed E-state index contributed by atoms with van der Waals surface area (Å²) in [5.41, 5.74) is 4.66. The highest BCUT2D eigenvalue weighted by Crippen LogP contribution is 2.37. The van der Waals surface area contributed by atoms with Crippen LogP contribution in [0.15, 0.2) is 59.7 Å². The van der Waals surface area contributed by atoms with E-state index in [0.717, 1.165) is 37.4 Å². The van der Waals surface area contributed by atoms with Crippen LogP contribution in [-0.2, 0) is 4.79 Å². The van der Waals surface area contributed by atoms with Gasteiger partial charge in [-0.2, -0.15) is 5.10 Å². The number of hydrogen-bond acceptors (Lipinski definition) is 8. The summed E-state index contributed by atoms with van der Waals surface area (Å²) in [6, 6.07) is 5.32. The minimum atomic E-state index is -0.00795. The first-order valence-corrected chi connectivity index (χ1v) is 11.0. The molecule has 0 saturated carbocycles. The maximum atomic E-state index is 12.8. The number of dihydropyridines is 1. The Labute approximate surface area is 190 Å². The van der Waals surface area contributed by atoms with E-state index in [9.17, 15) is 9.59 Å². The monoisotopic (exact) mass is 447 g/mol. The average molecular weight is 447 g/mol. The van der Waals surface area contributed by atoms with Crippen LogP contribution in [-0.4, -0.2) is 53.1 Å². The van der Waals surface area contributed by atoms with Crippen molar-refractivity contribution in [3.8, 4) is 5.75 Å². The molecule has 1 amide bonds. The minimum Gasteiger partial charge on any atom is -0.469 e. The Morgan fingerprint density at radius 3 is 2.91 bits per heavy atom. The highest BCUT2D eigenvalue weighted by molar-refractivity contribution is 5.95. The number of piperidine rings is 1. The highest BCUT2D eigenvalue weighted by Gasteiger charge is 2.27. The lowest BCUT2D eigenvalue weighted by molar-refractivity contribution is 0.0723. The van der Waals surface area contributed by atoms with Crippen molar-refractivity contribution in [2.45, 2.75) is 19.3 Å². The molecule has 10 heteroatoms. The molecule has 2 N–H and O–H groups in total. The molecule has 0 aromatic carbocycles. The zero-order valence-electron chi connectivity index (χ0n) is 18.1. The van der Waals surface area contributed by atoms with Crippen molar-refractivity contribution in [3.05, 3.63) is 65.7 Å². The molecule has 10 nitrogen and oxygen atoms in total. The van der Waals surface area contributed by atoms with E-state index < -0.39 is 0 Å². The number of nitrogens with zero attached hydrogens (tertiary/aromatic N) is 5. The van der Waals surface area contributed by atoms with E-state index in [1.807, 2.05) is 28.0 Å². The third-order valence-corrected chi connectivity index (χ3v) is 5.80. The molecule has 33 heavy (non-hydrogen) atoms. The van der Waals surface area contributed by atoms with Gasteiger partial charge in [-0.3, -0.25) is 24.5 Å². The summed E-state index contributed by atoms with van der Waals surface area (Å²) in [5.74, 6) is 1.91. The predicted molar refractivity (Wildman–Crippen MR) is 122 cm³/mol. The van der Waals surface area contributed by atoms with Crippen LogP contribution in [0.4, 0.5) is 11.5 Å². The predicted octanol–water partition coefficient (Wildman–Crippen LogP) is 1.44. The quantitative estimate of drug-likeness (QED) is 0.528. The molecule has 0 aliphatic carbocycles. The molecule has 3 aliphatic rings. The third-order valence-electron chi connectivity index (χ3n) is 5.80. The number of carbonyl (C=O) groups is 2. The molecule has 2 aromatic heterocycles. The van der Waals surface area contributed by atoms with Crippen molar-refractivity contribution < 1.29 is 14.3 Å². The topological polar surface area (TPSA) is 104 Å². The molecule has 5 heterocycles. The van der Waals surface area contributed by atoms with Gasteiger partial charge < -0.3 is 15.0 Å². The Balaban J connectivity index is 1.40. The van der Waals surface area contributed by atoms with Gasteiger partial charge in [0.05, 0.1) is 11.3 Å². The van der Waals surface area contributed by atoms with Gasteiger partial charge in [-0.15, -0.1) is 0 Å². The molecular weight excluding hydrogens is 422 g/mol. The number of anilines is 2. The van der Waals surface area contributed by atoms with Crippen LogP contribution in [0.5, 0.6) is 5.75 Å². The highest BCUT2D eigenvalue weighted by atomic mass is 16.5. The lowest BCUT2D eigenvalue weighted by atomic mass is 10.1. The van der Waals surface area contributed by atoms with E-state index in [4.69, 9.17) is 4.74 Å². The normalized spacial score (nSPS) is 17.7. The van der Waals surface area contributed by atoms with Gasteiger partial charge in [0.1, 0.15) is 5.82 Å². The maximum absolute atomic E-state index is 12.8. The lowest BCUT2D eigenvalue weighted by Crippen LogP contribution is -2.35. The number of allylic oxidation sites excluding steroid dienone is 2. The maximum Gasteiger partial charge on any atom is 0.255 e. The molecule has 0 unspecified atom stereocenters. The number of likely N-dealkylation sites (tertiary alicyclic amines) is 1. The van der Waals surface area contributed by atoms with Crippen LogP contribution in [0.3, 0.4) is 0 Å². The van der Waals surface area contributed by atoms with Gasteiger partial charge in [0.2, 0.25) is 6.41 Å². The van der Waals surface area contributed by atoms with Crippen molar-refractivity contribution in [3.63, 3.8) is 0 Å². The smallest absolute Gasteiger partial charge is 0.255 e. The van der Waals surface area contributed by atoms with Crippen LogP contribution in [0.2, 0.25) is 0 Å². The standard InChI is InChI=1S/C23H25N7O3/c31-15-29-11-7-18(13-21(29)27-26-20-6-2-3-8-24-20)30-16-33-19-12-17(14-25-22(19)30)23(32)28-9-4-1-5-10-28/h2-3,6-7,11-15,24,26H,1,4-5,8-10,16H2/b27-21-. The summed E-state index contributed by atoms with van der Waals surface area (Å²) in [5, 5.41) is 7.50. The fraction of sp³-hybridized carbons (Fsp3) is 0.304. The molecule has 5 rings (SSSR count). The molecule has 1 fully saturated rings. The number of amides is 1. The third kappa shape index (κ3) is 4.32. The van der Waals surface area contributed by atoms with Gasteiger partial charge in [-0.1, -0.05) is 12.2 Å². The van der Waals surface area contributed by atoms with E-state index in [1.54, 1.807) is 30.6 Å². The molecule has 0 spiro atoms. The van der Waals surface area contributed by atoms with Crippen molar-refractivity contribution in [2.24, 2.45) is 5.10 Å². The van der Waals surface area contributed by atoms with Crippen molar-refractivity contribution in [2.75, 3.05) is 31.3 Å². The molecule has 1 saturated heterocycles. The van der Waals surface area contributed by atoms with Gasteiger partial charge in [-0.25, -0.2) is 4.98 Å². The summed E-state index contributed by atoms with van der Waals surface area (Å²) in [6.45, 7) is 2.52. The summed E-state index contributed by atoms with van der Waals surface area (Å²) in [4.78, 5) is 32.6. The Bertz CT molecular complexity index is 1190. The second kappa shape index (κ2) is 9.19. The number of rotatable bonds is 5. The molecule has 0 atom stereocenters. The molecule has 2 aromatic rings. The molecule has 0 bridgehead atoms. The van der Waals surface area contributed by atoms with Crippen LogP contribution >= 0.6 is 0 Å². The summed E-state index contributed by atoms with van der Waals surface area (Å²) in [7, 11) is 0. The van der Waals surface area contributed by atoms with E-state index in [0.29, 0.717) is 35.6 Å². The van der Waals surface area contributed by atoms with Crippen molar-refractivity contribution >= 4 is 23.8 Å². The van der Waals surface area contributed by atoms with Crippen LogP contribution in [0.25, 0.3) is 0 Å². The zero-order valence-corrected chi connectivity index (χ0v) is 18.1. The number of aromatic nitrogens is 2. The number of ether oxygens (including phenoxy) is 1. The first-order valence-electron chi connectivity index (χ1n) is 11.0. The second-order valence-corrected chi connectivity index (χ2v) is 7.97. The van der Waals surface area contributed by atoms with Gasteiger partial charge in [0, 0.05) is 38.1 Å². The second-order valence-electron chi connectivity index (χ2n) is 7.97. The first-order chi connectivity index (χ1) is 16.2. The number of fused-ring (bicyclic) bond motifs is 1. The van der Waals surface area contributed by atoms with Crippen LogP contribution in [0, 0.1) is 0 Å².